The van der Waals surface area contributed by atoms with Gasteiger partial charge in [0.05, 0.1) is 0 Å². The van der Waals surface area contributed by atoms with Crippen LogP contribution in [0.15, 0.2) is 42.7 Å². The molecule has 1 aliphatic heterocycles. The molecule has 0 unspecified atom stereocenters. The molecule has 0 saturated carbocycles. The first-order chi connectivity index (χ1) is 11.9. The topological polar surface area (TPSA) is 58.4 Å². The average molecular weight is 361 g/mol. The molecule has 0 spiro atoms. The summed E-state index contributed by atoms with van der Waals surface area (Å²) in [7, 11) is 3.49. The van der Waals surface area contributed by atoms with E-state index in [4.69, 9.17) is 11.6 Å². The third-order valence-corrected chi connectivity index (χ3v) is 4.93. The number of halogens is 1. The normalized spacial score (nSPS) is 16.5. The Morgan fingerprint density at radius 1 is 1.20 bits per heavy atom. The molecule has 3 rings (SSSR count). The van der Waals surface area contributed by atoms with E-state index in [0.717, 1.165) is 0 Å². The van der Waals surface area contributed by atoms with Crippen LogP contribution in [0.25, 0.3) is 0 Å². The first kappa shape index (κ1) is 17.5. The highest BCUT2D eigenvalue weighted by atomic mass is 35.5. The predicted molar refractivity (Wildman–Crippen MR) is 95.5 cm³/mol. The molecule has 1 fully saturated rings. The van der Waals surface area contributed by atoms with Crippen molar-refractivity contribution in [2.45, 2.75) is 18.4 Å². The molecule has 0 radical (unpaired) electrons. The molecular formula is C18H21ClN4O2. The Morgan fingerprint density at radius 3 is 2.48 bits per heavy atom. The summed E-state index contributed by atoms with van der Waals surface area (Å²) in [6.07, 6.45) is 4.54. The Labute approximate surface area is 152 Å². The number of likely N-dealkylation sites (N-methyl/N-ethyl adjacent to an activating group) is 1. The van der Waals surface area contributed by atoms with Crippen LogP contribution in [0.1, 0.15) is 23.2 Å². The van der Waals surface area contributed by atoms with E-state index in [1.54, 1.807) is 59.0 Å². The third kappa shape index (κ3) is 3.26. The number of nitrogens with zero attached hydrogens (tertiary/aromatic N) is 4. The zero-order valence-corrected chi connectivity index (χ0v) is 15.1. The molecule has 1 aliphatic rings. The first-order valence-electron chi connectivity index (χ1n) is 8.21. The molecule has 0 aliphatic carbocycles. The zero-order valence-electron chi connectivity index (χ0n) is 14.4. The predicted octanol–water partition coefficient (Wildman–Crippen LogP) is 2.26. The Bertz CT molecular complexity index is 765. The molecule has 1 aromatic heterocycles. The number of hydrogen-bond acceptors (Lipinski definition) is 3. The van der Waals surface area contributed by atoms with Crippen LogP contribution in [-0.2, 0) is 10.3 Å². The maximum atomic E-state index is 12.9. The molecule has 1 saturated heterocycles. The van der Waals surface area contributed by atoms with Crippen molar-refractivity contribution in [1.29, 1.82) is 0 Å². The summed E-state index contributed by atoms with van der Waals surface area (Å²) in [5.74, 6) is -0.0556. The lowest BCUT2D eigenvalue weighted by atomic mass is 9.86. The first-order valence-corrected chi connectivity index (χ1v) is 8.58. The molecule has 0 atom stereocenters. The van der Waals surface area contributed by atoms with E-state index in [9.17, 15) is 9.59 Å². The van der Waals surface area contributed by atoms with Crippen molar-refractivity contribution < 1.29 is 9.59 Å². The number of benzene rings is 1. The Kier molecular flexibility index (Phi) is 4.81. The van der Waals surface area contributed by atoms with Gasteiger partial charge in [0, 0.05) is 50.2 Å². The van der Waals surface area contributed by atoms with Gasteiger partial charge in [0.15, 0.2) is 0 Å². The lowest BCUT2D eigenvalue weighted by Gasteiger charge is -2.42. The second kappa shape index (κ2) is 6.88. The zero-order chi connectivity index (χ0) is 18.0. The van der Waals surface area contributed by atoms with Gasteiger partial charge in [-0.1, -0.05) is 17.7 Å². The molecule has 2 amide bonds. The van der Waals surface area contributed by atoms with Gasteiger partial charge in [0.25, 0.3) is 5.91 Å². The third-order valence-electron chi connectivity index (χ3n) is 4.70. The lowest BCUT2D eigenvalue weighted by molar-refractivity contribution is -0.141. The number of hydrogen-bond donors (Lipinski definition) is 0. The van der Waals surface area contributed by atoms with Crippen LogP contribution in [0.4, 0.5) is 0 Å². The summed E-state index contributed by atoms with van der Waals surface area (Å²) in [5, 5.41) is 4.84. The highest BCUT2D eigenvalue weighted by Gasteiger charge is 2.45. The average Bonchev–Trinajstić information content (AvgIpc) is 3.15. The molecule has 6 nitrogen and oxygen atoms in total. The van der Waals surface area contributed by atoms with E-state index >= 15 is 0 Å². The second-order valence-corrected chi connectivity index (χ2v) is 6.92. The number of piperidine rings is 1. The number of carbonyl (C=O) groups is 2. The summed E-state index contributed by atoms with van der Waals surface area (Å²) in [5.41, 5.74) is -0.170. The number of aromatic nitrogens is 2. The van der Waals surface area contributed by atoms with Crippen LogP contribution in [-0.4, -0.2) is 58.6 Å². The quantitative estimate of drug-likeness (QED) is 0.843. The van der Waals surface area contributed by atoms with E-state index < -0.39 is 5.54 Å². The molecule has 132 valence electrons. The smallest absolute Gasteiger partial charge is 0.253 e. The number of amides is 2. The van der Waals surface area contributed by atoms with E-state index in [-0.39, 0.29) is 11.8 Å². The van der Waals surface area contributed by atoms with Crippen molar-refractivity contribution in [1.82, 2.24) is 19.6 Å². The highest BCUT2D eigenvalue weighted by molar-refractivity contribution is 6.30. The minimum atomic E-state index is -0.738. The van der Waals surface area contributed by atoms with Gasteiger partial charge in [-0.3, -0.25) is 14.3 Å². The van der Waals surface area contributed by atoms with Crippen molar-refractivity contribution in [2.75, 3.05) is 27.2 Å². The lowest BCUT2D eigenvalue weighted by Crippen LogP contribution is -2.55. The summed E-state index contributed by atoms with van der Waals surface area (Å²) >= 11 is 5.98. The van der Waals surface area contributed by atoms with Crippen LogP contribution in [0.5, 0.6) is 0 Å². The van der Waals surface area contributed by atoms with Gasteiger partial charge in [-0.25, -0.2) is 0 Å². The van der Waals surface area contributed by atoms with Crippen LogP contribution < -0.4 is 0 Å². The maximum absolute atomic E-state index is 12.9. The molecule has 0 N–H and O–H groups in total. The van der Waals surface area contributed by atoms with Crippen molar-refractivity contribution in [3.8, 4) is 0 Å². The van der Waals surface area contributed by atoms with Crippen molar-refractivity contribution >= 4 is 23.4 Å². The second-order valence-electron chi connectivity index (χ2n) is 6.48. The van der Waals surface area contributed by atoms with Crippen LogP contribution in [0.3, 0.4) is 0 Å². The Hall–Kier alpha value is -2.34. The van der Waals surface area contributed by atoms with Gasteiger partial charge in [-0.2, -0.15) is 5.10 Å². The minimum Gasteiger partial charge on any atom is -0.347 e. The maximum Gasteiger partial charge on any atom is 0.253 e. The Morgan fingerprint density at radius 2 is 1.92 bits per heavy atom. The van der Waals surface area contributed by atoms with Gasteiger partial charge >= 0.3 is 0 Å². The standard InChI is InChI=1S/C18H21ClN4O2/c1-21(2)17(25)18(23-10-4-9-20-23)7-11-22(12-8-18)16(24)14-5-3-6-15(19)13-14/h3-6,9-10,13H,7-8,11-12H2,1-2H3. The molecule has 0 bridgehead atoms. The van der Waals surface area contributed by atoms with Crippen molar-refractivity contribution in [3.05, 3.63) is 53.3 Å². The minimum absolute atomic E-state index is 0.00561. The molecule has 7 heteroatoms. The van der Waals surface area contributed by atoms with E-state index in [2.05, 4.69) is 5.10 Å². The fourth-order valence-corrected chi connectivity index (χ4v) is 3.55. The van der Waals surface area contributed by atoms with Crippen LogP contribution in [0.2, 0.25) is 5.02 Å². The fourth-order valence-electron chi connectivity index (χ4n) is 3.36. The van der Waals surface area contributed by atoms with Crippen molar-refractivity contribution in [3.63, 3.8) is 0 Å². The van der Waals surface area contributed by atoms with Gasteiger partial charge < -0.3 is 9.80 Å². The number of likely N-dealkylation sites (tertiary alicyclic amines) is 1. The molecular weight excluding hydrogens is 340 g/mol. The summed E-state index contributed by atoms with van der Waals surface area (Å²) in [6.45, 7) is 0.982. The van der Waals surface area contributed by atoms with E-state index in [1.807, 2.05) is 12.3 Å². The fraction of sp³-hybridized carbons (Fsp3) is 0.389. The number of rotatable bonds is 3. The van der Waals surface area contributed by atoms with E-state index in [1.165, 1.54) is 0 Å². The van der Waals surface area contributed by atoms with Crippen LogP contribution >= 0.6 is 11.6 Å². The SMILES string of the molecule is CN(C)C(=O)C1(n2cccn2)CCN(C(=O)c2cccc(Cl)c2)CC1. The van der Waals surface area contributed by atoms with Gasteiger partial charge in [-0.05, 0) is 37.1 Å². The molecule has 1 aromatic carbocycles. The van der Waals surface area contributed by atoms with Gasteiger partial charge in [-0.15, -0.1) is 0 Å². The summed E-state index contributed by atoms with van der Waals surface area (Å²) in [4.78, 5) is 28.9. The molecule has 25 heavy (non-hydrogen) atoms. The largest absolute Gasteiger partial charge is 0.347 e. The van der Waals surface area contributed by atoms with Crippen molar-refractivity contribution in [2.24, 2.45) is 0 Å². The molecule has 2 heterocycles. The Balaban J connectivity index is 1.81. The molecule has 2 aromatic rings. The van der Waals surface area contributed by atoms with Gasteiger partial charge in [0.2, 0.25) is 5.91 Å². The van der Waals surface area contributed by atoms with Gasteiger partial charge in [0.1, 0.15) is 5.54 Å². The number of carbonyl (C=O) groups excluding carboxylic acids is 2. The van der Waals surface area contributed by atoms with Crippen LogP contribution in [0, 0.1) is 0 Å². The van der Waals surface area contributed by atoms with E-state index in [0.29, 0.717) is 36.5 Å². The summed E-state index contributed by atoms with van der Waals surface area (Å²) in [6, 6.07) is 8.75. The highest BCUT2D eigenvalue weighted by Crippen LogP contribution is 2.32. The monoisotopic (exact) mass is 360 g/mol. The summed E-state index contributed by atoms with van der Waals surface area (Å²) < 4.78 is 1.73.